The molecule has 1 N–H and O–H groups in total. The Balaban J connectivity index is 1.83. The zero-order valence-electron chi connectivity index (χ0n) is 16.3. The molecule has 1 aromatic carbocycles. The van der Waals surface area contributed by atoms with Gasteiger partial charge in [0.1, 0.15) is 5.01 Å². The van der Waals surface area contributed by atoms with E-state index in [1.807, 2.05) is 73.2 Å². The van der Waals surface area contributed by atoms with Gasteiger partial charge < -0.3 is 9.73 Å². The van der Waals surface area contributed by atoms with Crippen molar-refractivity contribution in [2.45, 2.75) is 26.8 Å². The van der Waals surface area contributed by atoms with Gasteiger partial charge in [0.15, 0.2) is 0 Å². The molecule has 0 spiro atoms. The summed E-state index contributed by atoms with van der Waals surface area (Å²) < 4.78 is 7.55. The second kappa shape index (κ2) is 7.89. The summed E-state index contributed by atoms with van der Waals surface area (Å²) in [6, 6.07) is 13.2. The van der Waals surface area contributed by atoms with Crippen molar-refractivity contribution in [2.75, 3.05) is 0 Å². The van der Waals surface area contributed by atoms with E-state index in [0.717, 1.165) is 27.7 Å². The van der Waals surface area contributed by atoms with E-state index in [1.165, 1.54) is 11.3 Å². The van der Waals surface area contributed by atoms with Gasteiger partial charge in [-0.3, -0.25) is 9.36 Å². The number of benzene rings is 1. The minimum absolute atomic E-state index is 0.0448. The number of hydrogen-bond acceptors (Lipinski definition) is 4. The summed E-state index contributed by atoms with van der Waals surface area (Å²) >= 11 is 7.85. The molecule has 0 unspecified atom stereocenters. The number of halogens is 1. The van der Waals surface area contributed by atoms with Crippen molar-refractivity contribution in [2.24, 2.45) is 0 Å². The number of hydrogen-bond donors (Lipinski definition) is 1. The maximum atomic E-state index is 12.7. The van der Waals surface area contributed by atoms with Crippen molar-refractivity contribution < 1.29 is 9.21 Å². The zero-order valence-corrected chi connectivity index (χ0v) is 17.8. The molecule has 0 aliphatic carbocycles. The molecule has 4 aromatic rings. The molecule has 4 rings (SSSR count). The van der Waals surface area contributed by atoms with Crippen LogP contribution in [0.3, 0.4) is 0 Å². The molecule has 0 fully saturated rings. The Morgan fingerprint density at radius 1 is 1.24 bits per heavy atom. The lowest BCUT2D eigenvalue weighted by Gasteiger charge is -2.09. The van der Waals surface area contributed by atoms with Crippen molar-refractivity contribution in [3.63, 3.8) is 0 Å². The van der Waals surface area contributed by atoms with Crippen LogP contribution in [0, 0.1) is 6.92 Å². The number of amides is 1. The molecule has 3 aromatic heterocycles. The molecule has 0 radical (unpaired) electrons. The third-order valence-electron chi connectivity index (χ3n) is 4.51. The van der Waals surface area contributed by atoms with Crippen molar-refractivity contribution >= 4 is 28.8 Å². The largest absolute Gasteiger partial charge is 0.448 e. The predicted octanol–water partition coefficient (Wildman–Crippen LogP) is 5.96. The number of thiazole rings is 1. The highest BCUT2D eigenvalue weighted by Gasteiger charge is 2.23. The zero-order chi connectivity index (χ0) is 20.5. The van der Waals surface area contributed by atoms with Gasteiger partial charge in [-0.2, -0.15) is 0 Å². The molecule has 148 valence electrons. The molecule has 0 aliphatic rings. The summed E-state index contributed by atoms with van der Waals surface area (Å²) in [5, 5.41) is 6.41. The lowest BCUT2D eigenvalue weighted by molar-refractivity contribution is 0.0942. The van der Waals surface area contributed by atoms with E-state index in [1.54, 1.807) is 6.26 Å². The molecule has 1 amide bonds. The van der Waals surface area contributed by atoms with E-state index in [-0.39, 0.29) is 11.9 Å². The van der Waals surface area contributed by atoms with Gasteiger partial charge in [0.25, 0.3) is 5.91 Å². The van der Waals surface area contributed by atoms with Gasteiger partial charge in [-0.15, -0.1) is 11.3 Å². The third-order valence-corrected chi connectivity index (χ3v) is 5.71. The monoisotopic (exact) mass is 425 g/mol. The number of nitrogens with zero attached hydrogens (tertiary/aromatic N) is 2. The molecular weight excluding hydrogens is 406 g/mol. The number of nitrogens with one attached hydrogen (secondary N) is 1. The molecule has 7 heteroatoms. The van der Waals surface area contributed by atoms with Crippen LogP contribution in [0.15, 0.2) is 58.5 Å². The first-order valence-electron chi connectivity index (χ1n) is 9.23. The molecular formula is C22H20ClN3O2S. The van der Waals surface area contributed by atoms with Crippen molar-refractivity contribution in [3.05, 3.63) is 70.4 Å². The summed E-state index contributed by atoms with van der Waals surface area (Å²) in [5.41, 5.74) is 3.82. The van der Waals surface area contributed by atoms with Crippen LogP contribution in [-0.2, 0) is 0 Å². The Labute approximate surface area is 178 Å². The Morgan fingerprint density at radius 3 is 2.72 bits per heavy atom. The van der Waals surface area contributed by atoms with Crippen LogP contribution in [0.1, 0.15) is 29.9 Å². The predicted molar refractivity (Wildman–Crippen MR) is 117 cm³/mol. The standard InChI is InChI=1S/C22H20ClN3O2S/c1-13(2)24-21(27)16-11-19(26(14(16)3)20-9-6-10-28-20)18-12-29-22(25-18)15-7-4-5-8-17(15)23/h4-13H,1-3H3,(H,24,27). The van der Waals surface area contributed by atoms with Gasteiger partial charge in [0.05, 0.1) is 28.2 Å². The van der Waals surface area contributed by atoms with E-state index >= 15 is 0 Å². The molecule has 5 nitrogen and oxygen atoms in total. The van der Waals surface area contributed by atoms with E-state index in [2.05, 4.69) is 5.32 Å². The second-order valence-corrected chi connectivity index (χ2v) is 8.23. The van der Waals surface area contributed by atoms with Gasteiger partial charge in [-0.05, 0) is 39.0 Å². The average molecular weight is 426 g/mol. The topological polar surface area (TPSA) is 60.1 Å². The first-order chi connectivity index (χ1) is 14.0. The first kappa shape index (κ1) is 19.5. The van der Waals surface area contributed by atoms with Crippen LogP contribution in [0.2, 0.25) is 5.02 Å². The van der Waals surface area contributed by atoms with E-state index in [9.17, 15) is 4.79 Å². The Kier molecular flexibility index (Phi) is 5.30. The van der Waals surface area contributed by atoms with Crippen LogP contribution in [0.4, 0.5) is 0 Å². The van der Waals surface area contributed by atoms with E-state index in [0.29, 0.717) is 16.5 Å². The fourth-order valence-electron chi connectivity index (χ4n) is 3.20. The minimum Gasteiger partial charge on any atom is -0.448 e. The van der Waals surface area contributed by atoms with Crippen molar-refractivity contribution in [1.82, 2.24) is 14.9 Å². The minimum atomic E-state index is -0.120. The highest BCUT2D eigenvalue weighted by Crippen LogP contribution is 2.35. The SMILES string of the molecule is Cc1c(C(=O)NC(C)C)cc(-c2csc(-c3ccccc3Cl)n2)n1-c1ccco1. The molecule has 0 aliphatic heterocycles. The summed E-state index contributed by atoms with van der Waals surface area (Å²) in [6.45, 7) is 5.78. The van der Waals surface area contributed by atoms with Gasteiger partial charge in [0, 0.05) is 28.7 Å². The van der Waals surface area contributed by atoms with Crippen LogP contribution in [-0.4, -0.2) is 21.5 Å². The van der Waals surface area contributed by atoms with Crippen molar-refractivity contribution in [1.29, 1.82) is 0 Å². The Bertz CT molecular complexity index is 1160. The average Bonchev–Trinajstić information content (AvgIpc) is 3.40. The van der Waals surface area contributed by atoms with Crippen LogP contribution < -0.4 is 5.32 Å². The Hall–Kier alpha value is -2.83. The van der Waals surface area contributed by atoms with Crippen LogP contribution in [0.25, 0.3) is 27.8 Å². The highest BCUT2D eigenvalue weighted by molar-refractivity contribution is 7.13. The molecule has 0 bridgehead atoms. The number of carbonyl (C=O) groups excluding carboxylic acids is 1. The lowest BCUT2D eigenvalue weighted by Crippen LogP contribution is -2.30. The lowest BCUT2D eigenvalue weighted by atomic mass is 10.2. The summed E-state index contributed by atoms with van der Waals surface area (Å²) in [5.74, 6) is 0.513. The number of rotatable bonds is 5. The van der Waals surface area contributed by atoms with Crippen LogP contribution in [0.5, 0.6) is 0 Å². The quantitative estimate of drug-likeness (QED) is 0.429. The van der Waals surface area contributed by atoms with Crippen molar-refractivity contribution in [3.8, 4) is 27.8 Å². The molecule has 0 saturated heterocycles. The third kappa shape index (κ3) is 3.73. The Morgan fingerprint density at radius 2 is 2.03 bits per heavy atom. The van der Waals surface area contributed by atoms with Gasteiger partial charge in [-0.25, -0.2) is 4.98 Å². The number of furan rings is 1. The summed E-state index contributed by atoms with van der Waals surface area (Å²) in [4.78, 5) is 17.5. The first-order valence-corrected chi connectivity index (χ1v) is 10.5. The van der Waals surface area contributed by atoms with Gasteiger partial charge in [0.2, 0.25) is 5.88 Å². The van der Waals surface area contributed by atoms with Gasteiger partial charge >= 0.3 is 0 Å². The molecule has 0 atom stereocenters. The normalized spacial score (nSPS) is 11.2. The maximum Gasteiger partial charge on any atom is 0.253 e. The smallest absolute Gasteiger partial charge is 0.253 e. The summed E-state index contributed by atoms with van der Waals surface area (Å²) in [7, 11) is 0. The maximum absolute atomic E-state index is 12.7. The van der Waals surface area contributed by atoms with Crippen LogP contribution >= 0.6 is 22.9 Å². The fraction of sp³-hybridized carbons (Fsp3) is 0.182. The number of aromatic nitrogens is 2. The molecule has 3 heterocycles. The van der Waals surface area contributed by atoms with Gasteiger partial charge in [-0.1, -0.05) is 29.8 Å². The number of carbonyl (C=O) groups is 1. The summed E-state index contributed by atoms with van der Waals surface area (Å²) in [6.07, 6.45) is 1.61. The van der Waals surface area contributed by atoms with E-state index in [4.69, 9.17) is 21.0 Å². The second-order valence-electron chi connectivity index (χ2n) is 6.96. The molecule has 29 heavy (non-hydrogen) atoms. The van der Waals surface area contributed by atoms with E-state index < -0.39 is 0 Å². The molecule has 0 saturated carbocycles. The fourth-order valence-corrected chi connectivity index (χ4v) is 4.33. The highest BCUT2D eigenvalue weighted by atomic mass is 35.5.